The standard InChI is InChI=1S/C12H11F2N3O3/c1-17-10(5-15-20)16-9(12(17)19)4-6-2-7(13)11(18)8(14)3-6/h2-5,10,16,18,20H,1H3/b9-4-,15-5-. The number of phenols is 1. The Morgan fingerprint density at radius 1 is 1.40 bits per heavy atom. The molecule has 0 aliphatic carbocycles. The first-order valence-electron chi connectivity index (χ1n) is 5.55. The summed E-state index contributed by atoms with van der Waals surface area (Å²) in [4.78, 5) is 13.1. The van der Waals surface area contributed by atoms with Gasteiger partial charge in [-0.3, -0.25) is 4.79 Å². The Labute approximate surface area is 112 Å². The third-order valence-electron chi connectivity index (χ3n) is 2.83. The highest BCUT2D eigenvalue weighted by atomic mass is 19.1. The summed E-state index contributed by atoms with van der Waals surface area (Å²) < 4.78 is 26.4. The largest absolute Gasteiger partial charge is 0.503 e. The monoisotopic (exact) mass is 283 g/mol. The van der Waals surface area contributed by atoms with Crippen LogP contribution in [-0.2, 0) is 4.79 Å². The van der Waals surface area contributed by atoms with E-state index in [4.69, 9.17) is 10.3 Å². The van der Waals surface area contributed by atoms with Crippen LogP contribution < -0.4 is 5.32 Å². The highest BCUT2D eigenvalue weighted by Gasteiger charge is 2.30. The van der Waals surface area contributed by atoms with E-state index in [1.165, 1.54) is 18.0 Å². The van der Waals surface area contributed by atoms with Crippen molar-refractivity contribution in [3.63, 3.8) is 0 Å². The van der Waals surface area contributed by atoms with Crippen LogP contribution in [0.25, 0.3) is 6.08 Å². The minimum atomic E-state index is -1.12. The molecule has 106 valence electrons. The number of nitrogens with zero attached hydrogens (tertiary/aromatic N) is 2. The molecular formula is C12H11F2N3O3. The fourth-order valence-electron chi connectivity index (χ4n) is 1.77. The van der Waals surface area contributed by atoms with Crippen LogP contribution in [0.3, 0.4) is 0 Å². The predicted molar refractivity (Wildman–Crippen MR) is 66.0 cm³/mol. The lowest BCUT2D eigenvalue weighted by molar-refractivity contribution is -0.124. The molecular weight excluding hydrogens is 272 g/mol. The summed E-state index contributed by atoms with van der Waals surface area (Å²) in [6, 6.07) is 1.79. The van der Waals surface area contributed by atoms with E-state index < -0.39 is 29.5 Å². The first kappa shape index (κ1) is 13.8. The normalized spacial score (nSPS) is 20.9. The van der Waals surface area contributed by atoms with E-state index in [0.717, 1.165) is 18.3 Å². The number of hydrogen-bond donors (Lipinski definition) is 3. The molecule has 0 bridgehead atoms. The van der Waals surface area contributed by atoms with Gasteiger partial charge in [0.25, 0.3) is 5.91 Å². The number of phenolic OH excluding ortho intramolecular Hbond substituents is 1. The predicted octanol–water partition coefficient (Wildman–Crippen LogP) is 0.859. The molecule has 1 aromatic carbocycles. The molecule has 2 rings (SSSR count). The van der Waals surface area contributed by atoms with Crippen molar-refractivity contribution in [3.05, 3.63) is 35.0 Å². The highest BCUT2D eigenvalue weighted by molar-refractivity contribution is 6.01. The van der Waals surface area contributed by atoms with Crippen molar-refractivity contribution >= 4 is 18.2 Å². The third kappa shape index (κ3) is 2.40. The summed E-state index contributed by atoms with van der Waals surface area (Å²) in [6.07, 6.45) is 1.68. The number of carbonyl (C=O) groups excluding carboxylic acids is 1. The van der Waals surface area contributed by atoms with E-state index in [0.29, 0.717) is 0 Å². The van der Waals surface area contributed by atoms with Gasteiger partial charge in [0.2, 0.25) is 0 Å². The first-order chi connectivity index (χ1) is 9.43. The SMILES string of the molecule is CN1C(=O)/C(=C/c2cc(F)c(O)c(F)c2)NC1/C=N\O. The van der Waals surface area contributed by atoms with Gasteiger partial charge in [-0.1, -0.05) is 5.16 Å². The van der Waals surface area contributed by atoms with Gasteiger partial charge in [0, 0.05) is 7.05 Å². The quantitative estimate of drug-likeness (QED) is 0.325. The van der Waals surface area contributed by atoms with E-state index in [9.17, 15) is 13.6 Å². The average molecular weight is 283 g/mol. The zero-order chi connectivity index (χ0) is 14.9. The Hall–Kier alpha value is -2.64. The Morgan fingerprint density at radius 3 is 2.55 bits per heavy atom. The second-order valence-corrected chi connectivity index (χ2v) is 4.16. The fourth-order valence-corrected chi connectivity index (χ4v) is 1.77. The lowest BCUT2D eigenvalue weighted by Crippen LogP contribution is -2.35. The molecule has 1 atom stereocenters. The number of oxime groups is 1. The maximum atomic E-state index is 13.2. The molecule has 8 heteroatoms. The van der Waals surface area contributed by atoms with Crippen molar-refractivity contribution in [2.75, 3.05) is 7.05 Å². The number of hydrogen-bond acceptors (Lipinski definition) is 5. The number of nitrogens with one attached hydrogen (secondary N) is 1. The summed E-state index contributed by atoms with van der Waals surface area (Å²) >= 11 is 0. The first-order valence-corrected chi connectivity index (χ1v) is 5.55. The molecule has 1 aliphatic rings. The average Bonchev–Trinajstić information content (AvgIpc) is 2.65. The molecule has 0 aromatic heterocycles. The van der Waals surface area contributed by atoms with Gasteiger partial charge in [-0.05, 0) is 23.8 Å². The molecule has 1 fully saturated rings. The van der Waals surface area contributed by atoms with Crippen LogP contribution >= 0.6 is 0 Å². The number of likely N-dealkylation sites (N-methyl/N-ethyl adjacent to an activating group) is 1. The Balaban J connectivity index is 2.34. The number of aromatic hydroxyl groups is 1. The lowest BCUT2D eigenvalue weighted by atomic mass is 10.1. The summed E-state index contributed by atoms with van der Waals surface area (Å²) in [7, 11) is 1.47. The summed E-state index contributed by atoms with van der Waals surface area (Å²) in [5, 5.41) is 23.0. The molecule has 6 nitrogen and oxygen atoms in total. The topological polar surface area (TPSA) is 85.2 Å². The third-order valence-corrected chi connectivity index (χ3v) is 2.83. The van der Waals surface area contributed by atoms with Crippen molar-refractivity contribution in [1.82, 2.24) is 10.2 Å². The van der Waals surface area contributed by atoms with Crippen LogP contribution in [0.4, 0.5) is 8.78 Å². The van der Waals surface area contributed by atoms with E-state index in [1.807, 2.05) is 0 Å². The van der Waals surface area contributed by atoms with Gasteiger partial charge in [-0.2, -0.15) is 0 Å². The second-order valence-electron chi connectivity index (χ2n) is 4.16. The molecule has 20 heavy (non-hydrogen) atoms. The fraction of sp³-hybridized carbons (Fsp3) is 0.167. The van der Waals surface area contributed by atoms with Crippen LogP contribution in [0.2, 0.25) is 0 Å². The number of rotatable bonds is 2. The molecule has 1 aromatic rings. The molecule has 1 aliphatic heterocycles. The van der Waals surface area contributed by atoms with Crippen molar-refractivity contribution in [1.29, 1.82) is 0 Å². The van der Waals surface area contributed by atoms with Gasteiger partial charge in [-0.15, -0.1) is 0 Å². The van der Waals surface area contributed by atoms with Gasteiger partial charge in [0.15, 0.2) is 17.4 Å². The van der Waals surface area contributed by atoms with Crippen molar-refractivity contribution in [3.8, 4) is 5.75 Å². The zero-order valence-corrected chi connectivity index (χ0v) is 10.3. The van der Waals surface area contributed by atoms with Crippen LogP contribution in [0.5, 0.6) is 5.75 Å². The maximum Gasteiger partial charge on any atom is 0.271 e. The second kappa shape index (κ2) is 5.16. The number of halogens is 2. The van der Waals surface area contributed by atoms with Gasteiger partial charge >= 0.3 is 0 Å². The molecule has 3 N–H and O–H groups in total. The summed E-state index contributed by atoms with van der Waals surface area (Å²) in [5.74, 6) is -3.74. The number of amides is 1. The van der Waals surface area contributed by atoms with Crippen molar-refractivity contribution < 1.29 is 23.9 Å². The molecule has 1 amide bonds. The van der Waals surface area contributed by atoms with E-state index in [2.05, 4.69) is 10.5 Å². The Kier molecular flexibility index (Phi) is 3.55. The molecule has 0 radical (unpaired) electrons. The minimum absolute atomic E-state index is 0.0728. The van der Waals surface area contributed by atoms with Crippen LogP contribution in [-0.4, -0.2) is 40.5 Å². The minimum Gasteiger partial charge on any atom is -0.503 e. The summed E-state index contributed by atoms with van der Waals surface area (Å²) in [6.45, 7) is 0. The molecule has 0 spiro atoms. The zero-order valence-electron chi connectivity index (χ0n) is 10.3. The van der Waals surface area contributed by atoms with E-state index in [1.54, 1.807) is 0 Å². The molecule has 1 saturated heterocycles. The van der Waals surface area contributed by atoms with Gasteiger partial charge in [0.05, 0.1) is 6.21 Å². The molecule has 1 heterocycles. The van der Waals surface area contributed by atoms with Crippen molar-refractivity contribution in [2.24, 2.45) is 5.16 Å². The van der Waals surface area contributed by atoms with Gasteiger partial charge in [-0.25, -0.2) is 8.78 Å². The van der Waals surface area contributed by atoms with Crippen LogP contribution in [0.15, 0.2) is 23.0 Å². The molecule has 1 unspecified atom stereocenters. The Bertz CT molecular complexity index is 593. The number of benzene rings is 1. The summed E-state index contributed by atoms with van der Waals surface area (Å²) in [5.41, 5.74) is 0.158. The van der Waals surface area contributed by atoms with Gasteiger partial charge < -0.3 is 20.5 Å². The lowest BCUT2D eigenvalue weighted by Gasteiger charge is -2.12. The highest BCUT2D eigenvalue weighted by Crippen LogP contribution is 2.23. The number of carbonyl (C=O) groups is 1. The van der Waals surface area contributed by atoms with Crippen molar-refractivity contribution in [2.45, 2.75) is 6.17 Å². The van der Waals surface area contributed by atoms with E-state index in [-0.39, 0.29) is 11.3 Å². The van der Waals surface area contributed by atoms with Crippen LogP contribution in [0, 0.1) is 11.6 Å². The smallest absolute Gasteiger partial charge is 0.271 e. The maximum absolute atomic E-state index is 13.2. The van der Waals surface area contributed by atoms with E-state index >= 15 is 0 Å². The Morgan fingerprint density at radius 2 is 2.00 bits per heavy atom. The van der Waals surface area contributed by atoms with Crippen LogP contribution in [0.1, 0.15) is 5.56 Å². The van der Waals surface area contributed by atoms with Gasteiger partial charge in [0.1, 0.15) is 11.9 Å². The molecule has 0 saturated carbocycles.